The van der Waals surface area contributed by atoms with E-state index in [9.17, 15) is 27.9 Å². The van der Waals surface area contributed by atoms with Crippen LogP contribution in [0.25, 0.3) is 0 Å². The fraction of sp³-hybridized carbons (Fsp3) is 0.654. The summed E-state index contributed by atoms with van der Waals surface area (Å²) in [7, 11) is 0. The molecule has 2 fully saturated rings. The molecular formula is C26H37ClF3N3O5. The van der Waals surface area contributed by atoms with Gasteiger partial charge in [-0.2, -0.15) is 13.2 Å². The largest absolute Gasteiger partial charge is 0.490 e. The molecule has 2 unspecified atom stereocenters. The lowest BCUT2D eigenvalue weighted by molar-refractivity contribution is -0.192. The van der Waals surface area contributed by atoms with Gasteiger partial charge in [0.25, 0.3) is 0 Å². The third kappa shape index (κ3) is 8.07. The molecule has 1 aromatic carbocycles. The molecule has 5 N–H and O–H groups in total. The number of carbonyl (C=O) groups excluding carboxylic acids is 2. The van der Waals surface area contributed by atoms with Crippen molar-refractivity contribution in [2.24, 2.45) is 17.1 Å². The van der Waals surface area contributed by atoms with Gasteiger partial charge < -0.3 is 26.2 Å². The highest BCUT2D eigenvalue weighted by molar-refractivity contribution is 6.30. The Morgan fingerprint density at radius 3 is 2.21 bits per heavy atom. The van der Waals surface area contributed by atoms with E-state index in [0.717, 1.165) is 31.2 Å². The van der Waals surface area contributed by atoms with Crippen LogP contribution in [0.4, 0.5) is 13.2 Å². The predicted molar refractivity (Wildman–Crippen MR) is 136 cm³/mol. The molecule has 0 spiro atoms. The van der Waals surface area contributed by atoms with Crippen molar-refractivity contribution < 1.29 is 37.8 Å². The number of piperidine rings is 1. The average Bonchev–Trinajstić information content (AvgIpc) is 3.38. The van der Waals surface area contributed by atoms with Gasteiger partial charge in [-0.05, 0) is 56.3 Å². The number of carbonyl (C=O) groups is 3. The van der Waals surface area contributed by atoms with Gasteiger partial charge in [0, 0.05) is 29.4 Å². The van der Waals surface area contributed by atoms with E-state index in [2.05, 4.69) is 5.32 Å². The van der Waals surface area contributed by atoms with Crippen LogP contribution in [0.15, 0.2) is 24.3 Å². The van der Waals surface area contributed by atoms with Crippen molar-refractivity contribution in [1.82, 2.24) is 10.2 Å². The van der Waals surface area contributed by atoms with Crippen molar-refractivity contribution in [3.63, 3.8) is 0 Å². The molecule has 1 aliphatic carbocycles. The van der Waals surface area contributed by atoms with Crippen molar-refractivity contribution in [1.29, 1.82) is 0 Å². The zero-order valence-corrected chi connectivity index (χ0v) is 22.4. The molecule has 1 heterocycles. The lowest BCUT2D eigenvalue weighted by atomic mass is 9.66. The zero-order chi connectivity index (χ0) is 28.7. The molecule has 214 valence electrons. The van der Waals surface area contributed by atoms with Gasteiger partial charge in [-0.3, -0.25) is 9.59 Å². The van der Waals surface area contributed by atoms with Gasteiger partial charge in [0.15, 0.2) is 0 Å². The van der Waals surface area contributed by atoms with Gasteiger partial charge in [-0.15, -0.1) is 0 Å². The molecule has 1 saturated heterocycles. The van der Waals surface area contributed by atoms with Gasteiger partial charge >= 0.3 is 12.1 Å². The third-order valence-corrected chi connectivity index (χ3v) is 7.61. The molecule has 8 nitrogen and oxygen atoms in total. The smallest absolute Gasteiger partial charge is 0.475 e. The number of hydrogen-bond donors (Lipinski definition) is 4. The summed E-state index contributed by atoms with van der Waals surface area (Å²) in [6.07, 6.45) is 0.488. The number of hydrogen-bond acceptors (Lipinski definition) is 5. The Hall–Kier alpha value is -2.37. The quantitative estimate of drug-likeness (QED) is 0.398. The van der Waals surface area contributed by atoms with E-state index < -0.39 is 29.2 Å². The lowest BCUT2D eigenvalue weighted by Gasteiger charge is -2.51. The highest BCUT2D eigenvalue weighted by Crippen LogP contribution is 2.46. The molecule has 2 aliphatic rings. The van der Waals surface area contributed by atoms with Crippen molar-refractivity contribution in [2.45, 2.75) is 76.6 Å². The number of amides is 2. The molecule has 1 saturated carbocycles. The molecule has 2 atom stereocenters. The average molecular weight is 564 g/mol. The van der Waals surface area contributed by atoms with E-state index in [1.165, 1.54) is 0 Å². The van der Waals surface area contributed by atoms with Crippen LogP contribution in [-0.2, 0) is 20.0 Å². The summed E-state index contributed by atoms with van der Waals surface area (Å²) in [6.45, 7) is 5.27. The summed E-state index contributed by atoms with van der Waals surface area (Å²) in [5.41, 5.74) is 4.86. The van der Waals surface area contributed by atoms with Gasteiger partial charge in [0.05, 0.1) is 5.60 Å². The van der Waals surface area contributed by atoms with Crippen LogP contribution in [0.2, 0.25) is 5.02 Å². The van der Waals surface area contributed by atoms with Crippen molar-refractivity contribution >= 4 is 29.4 Å². The van der Waals surface area contributed by atoms with Gasteiger partial charge in [0.2, 0.25) is 11.8 Å². The number of carboxylic acids is 1. The summed E-state index contributed by atoms with van der Waals surface area (Å²) in [6, 6.07) is 6.71. The van der Waals surface area contributed by atoms with Crippen LogP contribution in [0.3, 0.4) is 0 Å². The highest BCUT2D eigenvalue weighted by atomic mass is 35.5. The number of benzene rings is 1. The van der Waals surface area contributed by atoms with E-state index in [1.807, 2.05) is 26.0 Å². The maximum Gasteiger partial charge on any atom is 0.490 e. The first-order valence-corrected chi connectivity index (χ1v) is 13.1. The second-order valence-electron chi connectivity index (χ2n) is 10.5. The Labute approximate surface area is 225 Å². The van der Waals surface area contributed by atoms with Crippen molar-refractivity contribution in [3.05, 3.63) is 34.9 Å². The first-order chi connectivity index (χ1) is 17.6. The number of carboxylic acid groups (broad SMARTS) is 1. The molecule has 1 aromatic rings. The minimum atomic E-state index is -5.08. The number of likely N-dealkylation sites (tertiary alicyclic amines) is 1. The maximum absolute atomic E-state index is 13.4. The van der Waals surface area contributed by atoms with E-state index in [0.29, 0.717) is 43.9 Å². The van der Waals surface area contributed by atoms with Crippen LogP contribution in [0, 0.1) is 11.3 Å². The number of nitrogens with two attached hydrogens (primary N) is 1. The van der Waals surface area contributed by atoms with Gasteiger partial charge in [-0.1, -0.05) is 50.4 Å². The number of aliphatic carboxylic acids is 1. The van der Waals surface area contributed by atoms with E-state index in [4.69, 9.17) is 27.2 Å². The van der Waals surface area contributed by atoms with Gasteiger partial charge in [0.1, 0.15) is 6.04 Å². The van der Waals surface area contributed by atoms with Crippen LogP contribution < -0.4 is 11.1 Å². The third-order valence-electron chi connectivity index (χ3n) is 7.36. The van der Waals surface area contributed by atoms with Crippen molar-refractivity contribution in [2.75, 3.05) is 19.6 Å². The lowest BCUT2D eigenvalue weighted by Crippen LogP contribution is -2.60. The Kier molecular flexibility index (Phi) is 11.0. The molecule has 3 rings (SSSR count). The van der Waals surface area contributed by atoms with Gasteiger partial charge in [-0.25, -0.2) is 4.79 Å². The Morgan fingerprint density at radius 1 is 1.18 bits per heavy atom. The van der Waals surface area contributed by atoms with Crippen LogP contribution in [-0.4, -0.2) is 64.7 Å². The minimum absolute atomic E-state index is 0.0122. The Bertz CT molecular complexity index is 968. The molecule has 2 amide bonds. The maximum atomic E-state index is 13.4. The number of nitrogens with zero attached hydrogens (tertiary/aromatic N) is 1. The van der Waals surface area contributed by atoms with Crippen LogP contribution in [0.5, 0.6) is 0 Å². The highest BCUT2D eigenvalue weighted by Gasteiger charge is 2.50. The first-order valence-electron chi connectivity index (χ1n) is 12.7. The Morgan fingerprint density at radius 2 is 1.74 bits per heavy atom. The van der Waals surface area contributed by atoms with E-state index in [1.54, 1.807) is 17.0 Å². The topological polar surface area (TPSA) is 133 Å². The second kappa shape index (κ2) is 13.1. The first kappa shape index (κ1) is 31.8. The molecule has 0 radical (unpaired) electrons. The number of rotatable bonds is 7. The monoisotopic (exact) mass is 563 g/mol. The van der Waals surface area contributed by atoms with Crippen molar-refractivity contribution in [3.8, 4) is 0 Å². The fourth-order valence-electron chi connectivity index (χ4n) is 5.05. The number of alkyl halides is 3. The number of aliphatic hydroxyl groups is 1. The minimum Gasteiger partial charge on any atom is -0.475 e. The standard InChI is InChI=1S/C24H36ClN3O3.C2HF3O2/c1-23(2)16-28(15-13-24(23,31)18-9-11-19(25)12-10-18)22(30)20(8-5-14-26)27-21(29)17-6-3-4-7-17;3-2(4,5)1(6)7/h9-12,17,20,31H,3-8,13-16,26H2,1-2H3,(H,27,29);(H,6,7). The SMILES string of the molecule is CC1(C)CN(C(=O)C(CCCN)NC(=O)C2CCCC2)CCC1(O)c1ccc(Cl)cc1.O=C(O)C(F)(F)F. The Balaban J connectivity index is 0.000000638. The summed E-state index contributed by atoms with van der Waals surface area (Å²) < 4.78 is 31.7. The molecule has 0 bridgehead atoms. The van der Waals surface area contributed by atoms with E-state index in [-0.39, 0.29) is 17.7 Å². The second-order valence-corrected chi connectivity index (χ2v) is 11.0. The number of halogens is 4. The fourth-order valence-corrected chi connectivity index (χ4v) is 5.17. The molecule has 0 aromatic heterocycles. The normalized spacial score (nSPS) is 22.3. The molecule has 1 aliphatic heterocycles. The number of nitrogens with one attached hydrogen (secondary N) is 1. The zero-order valence-electron chi connectivity index (χ0n) is 21.7. The van der Waals surface area contributed by atoms with E-state index >= 15 is 0 Å². The molecule has 12 heteroatoms. The van der Waals surface area contributed by atoms with Crippen LogP contribution >= 0.6 is 11.6 Å². The molecular weight excluding hydrogens is 527 g/mol. The summed E-state index contributed by atoms with van der Waals surface area (Å²) >= 11 is 6.02. The molecule has 38 heavy (non-hydrogen) atoms. The summed E-state index contributed by atoms with van der Waals surface area (Å²) in [4.78, 5) is 36.8. The summed E-state index contributed by atoms with van der Waals surface area (Å²) in [5, 5.41) is 22.3. The predicted octanol–water partition coefficient (Wildman–Crippen LogP) is 3.83. The van der Waals surface area contributed by atoms with Crippen LogP contribution in [0.1, 0.15) is 64.4 Å². The summed E-state index contributed by atoms with van der Waals surface area (Å²) in [5.74, 6) is -2.83.